The van der Waals surface area contributed by atoms with Gasteiger partial charge in [0.1, 0.15) is 12.2 Å². The minimum atomic E-state index is -0.838. The van der Waals surface area contributed by atoms with Crippen molar-refractivity contribution in [3.8, 4) is 11.5 Å². The minimum Gasteiger partial charge on any atom is -0.490 e. The summed E-state index contributed by atoms with van der Waals surface area (Å²) in [4.78, 5) is 49.8. The molecule has 4 amide bonds. The zero-order valence-corrected chi connectivity index (χ0v) is 22.1. The number of imide groups is 2. The fraction of sp³-hybridized carbons (Fsp3) is 0.179. The van der Waals surface area contributed by atoms with E-state index in [9.17, 15) is 24.5 Å². The second kappa shape index (κ2) is 11.4. The number of urea groups is 1. The summed E-state index contributed by atoms with van der Waals surface area (Å²) in [5.74, 6) is -1.12. The van der Waals surface area contributed by atoms with Crippen LogP contribution in [-0.2, 0) is 16.2 Å². The smallest absolute Gasteiger partial charge is 0.335 e. The maximum Gasteiger partial charge on any atom is 0.335 e. The minimum absolute atomic E-state index is 0.0386. The maximum atomic E-state index is 13.3. The highest BCUT2D eigenvalue weighted by atomic mass is 35.5. The van der Waals surface area contributed by atoms with Gasteiger partial charge in [-0.25, -0.2) is 9.69 Å². The highest BCUT2D eigenvalue weighted by Gasteiger charge is 2.37. The molecule has 1 aliphatic rings. The highest BCUT2D eigenvalue weighted by molar-refractivity contribution is 6.39. The topological polar surface area (TPSA) is 128 Å². The van der Waals surface area contributed by atoms with E-state index in [1.165, 1.54) is 24.3 Å². The predicted octanol–water partition coefficient (Wildman–Crippen LogP) is 5.51. The Bertz CT molecular complexity index is 1500. The first-order valence-electron chi connectivity index (χ1n) is 11.9. The summed E-state index contributed by atoms with van der Waals surface area (Å²) in [6, 6.07) is 13.4. The summed E-state index contributed by atoms with van der Waals surface area (Å²) in [5.41, 5.74) is 2.80. The number of halogens is 1. The Morgan fingerprint density at radius 1 is 1.00 bits per heavy atom. The summed E-state index contributed by atoms with van der Waals surface area (Å²) >= 11 is 6.50. The maximum absolute atomic E-state index is 13.3. The third-order valence-electron chi connectivity index (χ3n) is 5.74. The van der Waals surface area contributed by atoms with E-state index >= 15 is 0 Å². The van der Waals surface area contributed by atoms with Crippen molar-refractivity contribution in [2.75, 3.05) is 11.5 Å². The Kier molecular flexibility index (Phi) is 7.96. The quantitative estimate of drug-likeness (QED) is 0.170. The average Bonchev–Trinajstić information content (AvgIpc) is 2.86. The monoisotopic (exact) mass is 549 g/mol. The van der Waals surface area contributed by atoms with Crippen LogP contribution in [0.25, 0.3) is 6.08 Å². The molecule has 4 rings (SSSR count). The molecule has 0 saturated carbocycles. The zero-order chi connectivity index (χ0) is 28.3. The SMILES string of the molecule is CCOc1cc(/C=C2\C(=O)NC(=O)N(c3cc(C)cc(C)c3)C2=O)cc(Cl)c1OCc1ccc([N+](=O)[O-])cc1. The molecule has 0 spiro atoms. The van der Waals surface area contributed by atoms with E-state index in [1.807, 2.05) is 19.9 Å². The summed E-state index contributed by atoms with van der Waals surface area (Å²) < 4.78 is 11.6. The van der Waals surface area contributed by atoms with Gasteiger partial charge in [-0.3, -0.25) is 25.0 Å². The van der Waals surface area contributed by atoms with Crippen molar-refractivity contribution in [3.05, 3.63) is 97.6 Å². The van der Waals surface area contributed by atoms with Gasteiger partial charge in [0.15, 0.2) is 11.5 Å². The normalized spacial score (nSPS) is 14.4. The molecule has 10 nitrogen and oxygen atoms in total. The summed E-state index contributed by atoms with van der Waals surface area (Å²) in [6.07, 6.45) is 1.33. The molecule has 0 radical (unpaired) electrons. The number of carbonyl (C=O) groups excluding carboxylic acids is 3. The number of hydrogen-bond acceptors (Lipinski definition) is 7. The number of carbonyl (C=O) groups is 3. The second-order valence-electron chi connectivity index (χ2n) is 8.78. The first-order chi connectivity index (χ1) is 18.6. The first kappa shape index (κ1) is 27.3. The molecule has 1 aliphatic heterocycles. The Morgan fingerprint density at radius 3 is 2.28 bits per heavy atom. The first-order valence-corrected chi connectivity index (χ1v) is 12.3. The lowest BCUT2D eigenvalue weighted by Crippen LogP contribution is -2.54. The van der Waals surface area contributed by atoms with Crippen LogP contribution >= 0.6 is 11.6 Å². The number of nitrogens with zero attached hydrogens (tertiary/aromatic N) is 2. The number of non-ortho nitro benzene ring substituents is 1. The number of aryl methyl sites for hydroxylation is 2. The van der Waals surface area contributed by atoms with E-state index in [1.54, 1.807) is 37.3 Å². The highest BCUT2D eigenvalue weighted by Crippen LogP contribution is 2.38. The Labute approximate surface area is 228 Å². The lowest BCUT2D eigenvalue weighted by Gasteiger charge is -2.27. The van der Waals surface area contributed by atoms with Gasteiger partial charge in [-0.15, -0.1) is 0 Å². The number of amides is 4. The fourth-order valence-corrected chi connectivity index (χ4v) is 4.36. The van der Waals surface area contributed by atoms with Crippen molar-refractivity contribution in [2.45, 2.75) is 27.4 Å². The Hall–Kier alpha value is -4.70. The van der Waals surface area contributed by atoms with E-state index in [4.69, 9.17) is 21.1 Å². The third-order valence-corrected chi connectivity index (χ3v) is 6.02. The predicted molar refractivity (Wildman–Crippen MR) is 145 cm³/mol. The molecule has 1 heterocycles. The van der Waals surface area contributed by atoms with Gasteiger partial charge in [0.05, 0.1) is 22.2 Å². The van der Waals surface area contributed by atoms with E-state index in [-0.39, 0.29) is 41.0 Å². The van der Waals surface area contributed by atoms with Crippen LogP contribution in [0.3, 0.4) is 0 Å². The number of nitrogens with one attached hydrogen (secondary N) is 1. The number of nitro groups is 1. The van der Waals surface area contributed by atoms with E-state index in [0.717, 1.165) is 16.0 Å². The van der Waals surface area contributed by atoms with Gasteiger partial charge in [0, 0.05) is 12.1 Å². The molecule has 1 N–H and O–H groups in total. The Morgan fingerprint density at radius 2 is 1.67 bits per heavy atom. The largest absolute Gasteiger partial charge is 0.490 e. The summed E-state index contributed by atoms with van der Waals surface area (Å²) in [5, 5.41) is 13.2. The number of nitro benzene ring substituents is 1. The van der Waals surface area contributed by atoms with Crippen molar-refractivity contribution >= 4 is 46.9 Å². The number of ether oxygens (including phenoxy) is 2. The van der Waals surface area contributed by atoms with E-state index in [2.05, 4.69) is 5.32 Å². The van der Waals surface area contributed by atoms with Crippen LogP contribution in [0.4, 0.5) is 16.2 Å². The number of anilines is 1. The van der Waals surface area contributed by atoms with Gasteiger partial charge in [0.2, 0.25) is 0 Å². The number of rotatable bonds is 8. The van der Waals surface area contributed by atoms with E-state index < -0.39 is 22.8 Å². The summed E-state index contributed by atoms with van der Waals surface area (Å²) in [6.45, 7) is 5.79. The third kappa shape index (κ3) is 6.07. The van der Waals surface area contributed by atoms with E-state index in [0.29, 0.717) is 16.8 Å². The van der Waals surface area contributed by atoms with Gasteiger partial charge in [0.25, 0.3) is 17.5 Å². The molecular formula is C28H24ClN3O7. The molecule has 1 fully saturated rings. The van der Waals surface area contributed by atoms with Gasteiger partial charge in [-0.1, -0.05) is 17.7 Å². The lowest BCUT2D eigenvalue weighted by molar-refractivity contribution is -0.384. The van der Waals surface area contributed by atoms with Crippen LogP contribution in [0.1, 0.15) is 29.2 Å². The average molecular weight is 550 g/mol. The molecular weight excluding hydrogens is 526 g/mol. The molecule has 3 aromatic carbocycles. The lowest BCUT2D eigenvalue weighted by atomic mass is 10.0. The van der Waals surface area contributed by atoms with Crippen LogP contribution in [0.15, 0.2) is 60.2 Å². The van der Waals surface area contributed by atoms with Crippen molar-refractivity contribution in [3.63, 3.8) is 0 Å². The molecule has 0 aliphatic carbocycles. The molecule has 3 aromatic rings. The van der Waals surface area contributed by atoms with Gasteiger partial charge >= 0.3 is 6.03 Å². The van der Waals surface area contributed by atoms with Crippen molar-refractivity contribution in [1.29, 1.82) is 0 Å². The van der Waals surface area contributed by atoms with Crippen LogP contribution in [0, 0.1) is 24.0 Å². The van der Waals surface area contributed by atoms with Crippen LogP contribution in [0.2, 0.25) is 5.02 Å². The molecule has 39 heavy (non-hydrogen) atoms. The zero-order valence-electron chi connectivity index (χ0n) is 21.3. The van der Waals surface area contributed by atoms with Crippen molar-refractivity contribution < 1.29 is 28.8 Å². The summed E-state index contributed by atoms with van der Waals surface area (Å²) in [7, 11) is 0. The molecule has 11 heteroatoms. The standard InChI is InChI=1S/C28H24ClN3O7/c1-4-38-24-14-19(13-23(29)25(24)39-15-18-5-7-20(8-6-18)32(36)37)12-22-26(33)30-28(35)31(27(22)34)21-10-16(2)9-17(3)11-21/h5-14H,4,15H2,1-3H3,(H,30,33,35)/b22-12+. The molecule has 1 saturated heterocycles. The van der Waals surface area contributed by atoms with Gasteiger partial charge in [-0.2, -0.15) is 0 Å². The van der Waals surface area contributed by atoms with Crippen LogP contribution in [0.5, 0.6) is 11.5 Å². The molecule has 200 valence electrons. The van der Waals surface area contributed by atoms with Crippen molar-refractivity contribution in [2.24, 2.45) is 0 Å². The fourth-order valence-electron chi connectivity index (χ4n) is 4.08. The Balaban J connectivity index is 1.64. The number of barbiturate groups is 1. The van der Waals surface area contributed by atoms with Crippen LogP contribution < -0.4 is 19.7 Å². The second-order valence-corrected chi connectivity index (χ2v) is 9.19. The van der Waals surface area contributed by atoms with Crippen LogP contribution in [-0.4, -0.2) is 29.4 Å². The van der Waals surface area contributed by atoms with Gasteiger partial charge < -0.3 is 9.47 Å². The molecule has 0 aromatic heterocycles. The molecule has 0 unspecified atom stereocenters. The molecule has 0 atom stereocenters. The molecule has 0 bridgehead atoms. The van der Waals surface area contributed by atoms with Gasteiger partial charge in [-0.05, 0) is 85.5 Å². The number of hydrogen-bond donors (Lipinski definition) is 1. The van der Waals surface area contributed by atoms with Crippen molar-refractivity contribution in [1.82, 2.24) is 5.32 Å². The number of benzene rings is 3.